The summed E-state index contributed by atoms with van der Waals surface area (Å²) in [6.45, 7) is 0.337. The van der Waals surface area contributed by atoms with E-state index in [1.807, 2.05) is 12.3 Å². The van der Waals surface area contributed by atoms with E-state index in [4.69, 9.17) is 5.11 Å². The molecule has 0 radical (unpaired) electrons. The van der Waals surface area contributed by atoms with Gasteiger partial charge in [0.05, 0.1) is 18.7 Å². The second kappa shape index (κ2) is 6.21. The van der Waals surface area contributed by atoms with Crippen LogP contribution in [0.2, 0.25) is 0 Å². The molecular weight excluding hydrogens is 273 g/mol. The lowest BCUT2D eigenvalue weighted by molar-refractivity contribution is 0.269. The van der Waals surface area contributed by atoms with Crippen molar-refractivity contribution in [3.05, 3.63) is 30.3 Å². The van der Waals surface area contributed by atoms with Crippen LogP contribution in [-0.4, -0.2) is 32.7 Å². The molecule has 18 heavy (non-hydrogen) atoms. The van der Waals surface area contributed by atoms with E-state index in [-0.39, 0.29) is 12.4 Å². The highest BCUT2D eigenvalue weighted by Gasteiger charge is 2.10. The summed E-state index contributed by atoms with van der Waals surface area (Å²) in [4.78, 5) is 4.89. The maximum absolute atomic E-state index is 13.9. The predicted molar refractivity (Wildman–Crippen MR) is 71.9 cm³/mol. The Labute approximate surface area is 112 Å². The van der Waals surface area contributed by atoms with Crippen LogP contribution in [0.5, 0.6) is 0 Å². The van der Waals surface area contributed by atoms with E-state index in [1.165, 1.54) is 27.9 Å². The number of rotatable bonds is 5. The molecule has 0 aliphatic rings. The van der Waals surface area contributed by atoms with Crippen molar-refractivity contribution >= 4 is 21.6 Å². The van der Waals surface area contributed by atoms with Gasteiger partial charge in [0.1, 0.15) is 12.1 Å². The molecule has 1 heterocycles. The molecule has 0 unspecified atom stereocenters. The standard InChI is InChI=1S/C11H12FN3OS2/c1-17-18-8-2-3-9(10(12)6-8)11-13-7-15(14-11)4-5-16/h2-3,6-7,16H,4-5H2,1H3. The van der Waals surface area contributed by atoms with E-state index in [9.17, 15) is 4.39 Å². The summed E-state index contributed by atoms with van der Waals surface area (Å²) in [5.41, 5.74) is 0.372. The zero-order chi connectivity index (χ0) is 13.0. The van der Waals surface area contributed by atoms with Crippen LogP contribution < -0.4 is 0 Å². The molecule has 0 bridgehead atoms. The minimum Gasteiger partial charge on any atom is -0.394 e. The van der Waals surface area contributed by atoms with Gasteiger partial charge in [0.25, 0.3) is 0 Å². The second-order valence-corrected chi connectivity index (χ2v) is 5.92. The minimum absolute atomic E-state index is 0.0193. The molecule has 7 heteroatoms. The number of hydrogen-bond acceptors (Lipinski definition) is 5. The quantitative estimate of drug-likeness (QED) is 0.855. The smallest absolute Gasteiger partial charge is 0.184 e. The van der Waals surface area contributed by atoms with Crippen LogP contribution in [0.15, 0.2) is 29.4 Å². The topological polar surface area (TPSA) is 50.9 Å². The first-order valence-electron chi connectivity index (χ1n) is 5.25. The molecule has 0 aliphatic heterocycles. The Morgan fingerprint density at radius 1 is 1.44 bits per heavy atom. The van der Waals surface area contributed by atoms with Crippen molar-refractivity contribution in [1.29, 1.82) is 0 Å². The first-order chi connectivity index (χ1) is 8.74. The van der Waals surface area contributed by atoms with E-state index in [1.54, 1.807) is 16.9 Å². The maximum Gasteiger partial charge on any atom is 0.184 e. The van der Waals surface area contributed by atoms with E-state index in [0.717, 1.165) is 4.90 Å². The summed E-state index contributed by atoms with van der Waals surface area (Å²) >= 11 is 0. The lowest BCUT2D eigenvalue weighted by atomic mass is 10.2. The number of aliphatic hydroxyl groups is 1. The Morgan fingerprint density at radius 2 is 2.28 bits per heavy atom. The fraction of sp³-hybridized carbons (Fsp3) is 0.273. The third-order valence-electron chi connectivity index (χ3n) is 2.23. The lowest BCUT2D eigenvalue weighted by Crippen LogP contribution is -2.02. The molecule has 0 saturated carbocycles. The summed E-state index contributed by atoms with van der Waals surface area (Å²) in [7, 11) is 3.07. The van der Waals surface area contributed by atoms with Crippen molar-refractivity contribution in [3.63, 3.8) is 0 Å². The summed E-state index contributed by atoms with van der Waals surface area (Å²) in [5.74, 6) is -0.00236. The molecule has 0 atom stereocenters. The van der Waals surface area contributed by atoms with E-state index in [0.29, 0.717) is 17.9 Å². The van der Waals surface area contributed by atoms with Gasteiger partial charge in [-0.15, -0.1) is 0 Å². The summed E-state index contributed by atoms with van der Waals surface area (Å²) < 4.78 is 15.4. The van der Waals surface area contributed by atoms with Crippen molar-refractivity contribution < 1.29 is 9.50 Å². The number of benzene rings is 1. The molecule has 96 valence electrons. The van der Waals surface area contributed by atoms with Gasteiger partial charge in [-0.3, -0.25) is 4.68 Å². The summed E-state index contributed by atoms with van der Waals surface area (Å²) in [6, 6.07) is 4.99. The Balaban J connectivity index is 2.26. The van der Waals surface area contributed by atoms with Crippen molar-refractivity contribution in [3.8, 4) is 11.4 Å². The molecule has 2 aromatic rings. The number of nitrogens with zero attached hydrogens (tertiary/aromatic N) is 3. The van der Waals surface area contributed by atoms with Gasteiger partial charge in [-0.2, -0.15) is 5.10 Å². The number of aromatic nitrogens is 3. The average Bonchev–Trinajstić information content (AvgIpc) is 2.78. The minimum atomic E-state index is -0.337. The fourth-order valence-corrected chi connectivity index (χ4v) is 2.81. The lowest BCUT2D eigenvalue weighted by Gasteiger charge is -2.01. The van der Waals surface area contributed by atoms with Gasteiger partial charge in [-0.25, -0.2) is 9.37 Å². The van der Waals surface area contributed by atoms with Crippen LogP contribution in [0.1, 0.15) is 0 Å². The van der Waals surface area contributed by atoms with E-state index >= 15 is 0 Å². The highest BCUT2D eigenvalue weighted by molar-refractivity contribution is 8.76. The normalized spacial score (nSPS) is 10.8. The first-order valence-corrected chi connectivity index (χ1v) is 7.81. The molecule has 2 rings (SSSR count). The number of aliphatic hydroxyl groups excluding tert-OH is 1. The van der Waals surface area contributed by atoms with Crippen LogP contribution >= 0.6 is 21.6 Å². The monoisotopic (exact) mass is 285 g/mol. The Bertz CT molecular complexity index is 533. The number of hydrogen-bond donors (Lipinski definition) is 1. The van der Waals surface area contributed by atoms with Gasteiger partial charge in [-0.1, -0.05) is 21.6 Å². The molecule has 4 nitrogen and oxygen atoms in total. The summed E-state index contributed by atoms with van der Waals surface area (Å²) in [6.07, 6.45) is 3.42. The fourth-order valence-electron chi connectivity index (χ4n) is 1.45. The first kappa shape index (κ1) is 13.4. The van der Waals surface area contributed by atoms with Crippen molar-refractivity contribution in [1.82, 2.24) is 14.8 Å². The molecule has 1 aromatic carbocycles. The SMILES string of the molecule is CSSc1ccc(-c2ncn(CCO)n2)c(F)c1. The van der Waals surface area contributed by atoms with Crippen molar-refractivity contribution in [2.45, 2.75) is 11.4 Å². The van der Waals surface area contributed by atoms with Crippen LogP contribution in [0.25, 0.3) is 11.4 Å². The Kier molecular flexibility index (Phi) is 4.62. The molecule has 0 spiro atoms. The zero-order valence-electron chi connectivity index (χ0n) is 9.71. The predicted octanol–water partition coefficient (Wildman–Crippen LogP) is 2.45. The third-order valence-corrected chi connectivity index (χ3v) is 3.92. The second-order valence-electron chi connectivity index (χ2n) is 3.45. The van der Waals surface area contributed by atoms with Gasteiger partial charge in [0, 0.05) is 4.90 Å². The molecule has 0 amide bonds. The molecule has 0 saturated heterocycles. The molecule has 0 fully saturated rings. The molecule has 0 aliphatic carbocycles. The molecule has 1 aromatic heterocycles. The third kappa shape index (κ3) is 3.04. The number of halogens is 1. The largest absolute Gasteiger partial charge is 0.394 e. The Morgan fingerprint density at radius 3 is 2.94 bits per heavy atom. The van der Waals surface area contributed by atoms with Crippen LogP contribution in [0.3, 0.4) is 0 Å². The zero-order valence-corrected chi connectivity index (χ0v) is 11.3. The van der Waals surface area contributed by atoms with Crippen molar-refractivity contribution in [2.24, 2.45) is 0 Å². The van der Waals surface area contributed by atoms with Gasteiger partial charge in [-0.05, 0) is 24.5 Å². The maximum atomic E-state index is 13.9. The van der Waals surface area contributed by atoms with E-state index in [2.05, 4.69) is 10.1 Å². The highest BCUT2D eigenvalue weighted by Crippen LogP contribution is 2.31. The molecular formula is C11H12FN3OS2. The average molecular weight is 285 g/mol. The van der Waals surface area contributed by atoms with Gasteiger partial charge < -0.3 is 5.11 Å². The summed E-state index contributed by atoms with van der Waals surface area (Å²) in [5, 5.41) is 12.9. The van der Waals surface area contributed by atoms with Crippen LogP contribution in [0, 0.1) is 5.82 Å². The Hall–Kier alpha value is -1.05. The molecule has 1 N–H and O–H groups in total. The van der Waals surface area contributed by atoms with Gasteiger partial charge in [0.2, 0.25) is 0 Å². The highest BCUT2D eigenvalue weighted by atomic mass is 33.1. The van der Waals surface area contributed by atoms with E-state index < -0.39 is 0 Å². The van der Waals surface area contributed by atoms with Crippen LogP contribution in [-0.2, 0) is 6.54 Å². The van der Waals surface area contributed by atoms with Gasteiger partial charge >= 0.3 is 0 Å². The van der Waals surface area contributed by atoms with Crippen molar-refractivity contribution in [2.75, 3.05) is 12.9 Å². The van der Waals surface area contributed by atoms with Gasteiger partial charge in [0.15, 0.2) is 5.82 Å². The van der Waals surface area contributed by atoms with Crippen LogP contribution in [0.4, 0.5) is 4.39 Å².